The predicted molar refractivity (Wildman–Crippen MR) is 110 cm³/mol. The second kappa shape index (κ2) is 8.49. The summed E-state index contributed by atoms with van der Waals surface area (Å²) in [5.74, 6) is 0. The van der Waals surface area contributed by atoms with Crippen LogP contribution in [0.5, 0.6) is 0 Å². The Labute approximate surface area is 163 Å². The minimum atomic E-state index is 0.755. The van der Waals surface area contributed by atoms with E-state index in [-0.39, 0.29) is 0 Å². The summed E-state index contributed by atoms with van der Waals surface area (Å²) in [6.45, 7) is 9.92. The summed E-state index contributed by atoms with van der Waals surface area (Å²) in [6, 6.07) is 6.10. The quantitative estimate of drug-likeness (QED) is 0.738. The van der Waals surface area contributed by atoms with Gasteiger partial charge in [0.2, 0.25) is 5.13 Å². The van der Waals surface area contributed by atoms with E-state index in [0.717, 1.165) is 59.9 Å². The second-order valence-corrected chi connectivity index (χ2v) is 8.34. The molecule has 0 aliphatic carbocycles. The number of benzene rings is 1. The van der Waals surface area contributed by atoms with Crippen molar-refractivity contribution in [1.29, 1.82) is 0 Å². The lowest BCUT2D eigenvalue weighted by Crippen LogP contribution is -2.47. The molecule has 5 nitrogen and oxygen atoms in total. The van der Waals surface area contributed by atoms with Crippen molar-refractivity contribution in [3.05, 3.63) is 32.7 Å². The smallest absolute Gasteiger partial charge is 0.204 e. The lowest BCUT2D eigenvalue weighted by molar-refractivity contribution is 0.195. The maximum Gasteiger partial charge on any atom is 0.204 e. The maximum absolute atomic E-state index is 6.16. The third-order valence-corrected chi connectivity index (χ3v) is 5.85. The molecule has 8 heteroatoms. The highest BCUT2D eigenvalue weighted by Gasteiger charge is 2.19. The Bertz CT molecular complexity index is 765. The molecule has 2 aromatic rings. The summed E-state index contributed by atoms with van der Waals surface area (Å²) in [7, 11) is 0. The minimum Gasteiger partial charge on any atom is -0.369 e. The molecule has 1 saturated heterocycles. The van der Waals surface area contributed by atoms with Gasteiger partial charge in [0.05, 0.1) is 6.67 Å². The molecule has 3 rings (SSSR count). The van der Waals surface area contributed by atoms with E-state index < -0.39 is 0 Å². The molecular formula is C17H24ClN5S2. The molecule has 0 saturated carbocycles. The van der Waals surface area contributed by atoms with Crippen LogP contribution in [-0.2, 0) is 6.67 Å². The van der Waals surface area contributed by atoms with Crippen molar-refractivity contribution >= 4 is 46.0 Å². The number of aromatic nitrogens is 2. The van der Waals surface area contributed by atoms with Crippen LogP contribution in [0.4, 0.5) is 10.8 Å². The van der Waals surface area contributed by atoms with E-state index >= 15 is 0 Å². The largest absolute Gasteiger partial charge is 0.369 e. The molecule has 1 aromatic carbocycles. The van der Waals surface area contributed by atoms with Gasteiger partial charge in [0.25, 0.3) is 0 Å². The first-order valence-electron chi connectivity index (χ1n) is 8.62. The normalized spacial score (nSPS) is 15.6. The summed E-state index contributed by atoms with van der Waals surface area (Å²) in [6.07, 6.45) is 1.08. The molecule has 1 aliphatic heterocycles. The number of halogens is 1. The Kier molecular flexibility index (Phi) is 6.33. The Morgan fingerprint density at radius 1 is 1.28 bits per heavy atom. The zero-order valence-corrected chi connectivity index (χ0v) is 17.1. The first kappa shape index (κ1) is 18.6. The van der Waals surface area contributed by atoms with Gasteiger partial charge in [-0.1, -0.05) is 35.9 Å². The van der Waals surface area contributed by atoms with Gasteiger partial charge in [-0.3, -0.25) is 4.90 Å². The monoisotopic (exact) mass is 397 g/mol. The van der Waals surface area contributed by atoms with Gasteiger partial charge < -0.3 is 10.2 Å². The SMILES string of the molecule is CCCNc1nn(CN2CCN(c3cc(Cl)ccc3C)CC2)c(=S)s1. The molecule has 1 aromatic heterocycles. The van der Waals surface area contributed by atoms with Gasteiger partial charge >= 0.3 is 0 Å². The summed E-state index contributed by atoms with van der Waals surface area (Å²) < 4.78 is 2.75. The number of rotatable bonds is 6. The Morgan fingerprint density at radius 3 is 2.76 bits per heavy atom. The number of nitrogens with one attached hydrogen (secondary N) is 1. The first-order chi connectivity index (χ1) is 12.1. The van der Waals surface area contributed by atoms with Crippen LogP contribution in [0.3, 0.4) is 0 Å². The highest BCUT2D eigenvalue weighted by molar-refractivity contribution is 7.73. The van der Waals surface area contributed by atoms with Crippen molar-refractivity contribution in [3.8, 4) is 0 Å². The van der Waals surface area contributed by atoms with Crippen LogP contribution in [0.25, 0.3) is 0 Å². The fraction of sp³-hybridized carbons (Fsp3) is 0.529. The topological polar surface area (TPSA) is 36.3 Å². The van der Waals surface area contributed by atoms with E-state index in [1.165, 1.54) is 11.3 Å². The van der Waals surface area contributed by atoms with E-state index in [0.29, 0.717) is 0 Å². The van der Waals surface area contributed by atoms with Crippen LogP contribution in [0, 0.1) is 10.9 Å². The minimum absolute atomic E-state index is 0.755. The summed E-state index contributed by atoms with van der Waals surface area (Å²) in [5, 5.41) is 9.62. The van der Waals surface area contributed by atoms with Crippen molar-refractivity contribution in [1.82, 2.24) is 14.7 Å². The average molecular weight is 398 g/mol. The fourth-order valence-corrected chi connectivity index (χ4v) is 4.13. The molecule has 0 amide bonds. The average Bonchev–Trinajstić information content (AvgIpc) is 2.95. The van der Waals surface area contributed by atoms with E-state index in [4.69, 9.17) is 23.8 Å². The van der Waals surface area contributed by atoms with Crippen molar-refractivity contribution in [3.63, 3.8) is 0 Å². The molecule has 1 aliphatic rings. The standard InChI is InChI=1S/C17H24ClN5S2/c1-3-6-19-16-20-23(17(24)25-16)12-21-7-9-22(10-8-21)15-11-14(18)5-4-13(15)2/h4-5,11H,3,6-10,12H2,1-2H3,(H,19,20). The molecule has 0 radical (unpaired) electrons. The van der Waals surface area contributed by atoms with Crippen molar-refractivity contribution in [2.24, 2.45) is 0 Å². The summed E-state index contributed by atoms with van der Waals surface area (Å²) >= 11 is 13.2. The molecule has 1 fully saturated rings. The van der Waals surface area contributed by atoms with Crippen LogP contribution in [-0.4, -0.2) is 47.4 Å². The molecular weight excluding hydrogens is 374 g/mol. The molecule has 0 spiro atoms. The van der Waals surface area contributed by atoms with Crippen LogP contribution in [0.1, 0.15) is 18.9 Å². The molecule has 2 heterocycles. The Balaban J connectivity index is 1.58. The van der Waals surface area contributed by atoms with Gasteiger partial charge in [0.15, 0.2) is 3.95 Å². The van der Waals surface area contributed by atoms with E-state index in [2.05, 4.69) is 46.2 Å². The van der Waals surface area contributed by atoms with Crippen LogP contribution in [0.2, 0.25) is 5.02 Å². The second-order valence-electron chi connectivity index (χ2n) is 6.28. The number of hydrogen-bond acceptors (Lipinski definition) is 6. The Morgan fingerprint density at radius 2 is 2.04 bits per heavy atom. The van der Waals surface area contributed by atoms with E-state index in [1.807, 2.05) is 10.7 Å². The van der Waals surface area contributed by atoms with Gasteiger partial charge in [-0.25, -0.2) is 4.68 Å². The Hall–Kier alpha value is -1.15. The highest BCUT2D eigenvalue weighted by atomic mass is 35.5. The maximum atomic E-state index is 6.16. The van der Waals surface area contributed by atoms with Crippen molar-refractivity contribution in [2.75, 3.05) is 42.9 Å². The van der Waals surface area contributed by atoms with Gasteiger partial charge in [0.1, 0.15) is 0 Å². The molecule has 136 valence electrons. The molecule has 0 bridgehead atoms. The molecule has 0 atom stereocenters. The van der Waals surface area contributed by atoms with Gasteiger partial charge in [-0.15, -0.1) is 5.10 Å². The third-order valence-electron chi connectivity index (χ3n) is 4.35. The van der Waals surface area contributed by atoms with Gasteiger partial charge in [-0.05, 0) is 43.3 Å². The van der Waals surface area contributed by atoms with E-state index in [9.17, 15) is 0 Å². The third kappa shape index (κ3) is 4.73. The summed E-state index contributed by atoms with van der Waals surface area (Å²) in [4.78, 5) is 4.81. The number of aryl methyl sites for hydroxylation is 1. The summed E-state index contributed by atoms with van der Waals surface area (Å²) in [5.41, 5.74) is 2.51. The number of hydrogen-bond donors (Lipinski definition) is 1. The lowest BCUT2D eigenvalue weighted by atomic mass is 10.1. The zero-order chi connectivity index (χ0) is 17.8. The molecule has 25 heavy (non-hydrogen) atoms. The highest BCUT2D eigenvalue weighted by Crippen LogP contribution is 2.25. The van der Waals surface area contributed by atoms with Crippen molar-refractivity contribution < 1.29 is 0 Å². The van der Waals surface area contributed by atoms with E-state index in [1.54, 1.807) is 11.3 Å². The zero-order valence-electron chi connectivity index (χ0n) is 14.7. The molecule has 1 N–H and O–H groups in total. The number of piperazine rings is 1. The predicted octanol–water partition coefficient (Wildman–Crippen LogP) is 4.24. The molecule has 0 unspecified atom stereocenters. The lowest BCUT2D eigenvalue weighted by Gasteiger charge is -2.36. The van der Waals surface area contributed by atoms with Gasteiger partial charge in [-0.2, -0.15) is 0 Å². The van der Waals surface area contributed by atoms with Gasteiger partial charge in [0, 0.05) is 43.4 Å². The fourth-order valence-electron chi connectivity index (χ4n) is 2.94. The van der Waals surface area contributed by atoms with Crippen molar-refractivity contribution in [2.45, 2.75) is 26.9 Å². The van der Waals surface area contributed by atoms with Crippen LogP contribution < -0.4 is 10.2 Å². The number of nitrogens with zero attached hydrogens (tertiary/aromatic N) is 4. The van der Waals surface area contributed by atoms with Crippen LogP contribution in [0.15, 0.2) is 18.2 Å². The van der Waals surface area contributed by atoms with Crippen LogP contribution >= 0.6 is 35.2 Å². The first-order valence-corrected chi connectivity index (χ1v) is 10.2. The number of anilines is 2.